The number of rotatable bonds is 4. The molecule has 1 aromatic heterocycles. The molecule has 1 aromatic carbocycles. The van der Waals surface area contributed by atoms with E-state index in [-0.39, 0.29) is 17.9 Å². The Morgan fingerprint density at radius 3 is 2.74 bits per heavy atom. The largest absolute Gasteiger partial charge is 0.494 e. The SMILES string of the molecule is COc1ccc(C(=O)Cn2ncn(C)c2=O)cc1F. The van der Waals surface area contributed by atoms with Gasteiger partial charge in [-0.05, 0) is 18.2 Å². The van der Waals surface area contributed by atoms with Crippen molar-refractivity contribution in [2.45, 2.75) is 6.54 Å². The van der Waals surface area contributed by atoms with Gasteiger partial charge in [-0.1, -0.05) is 0 Å². The first kappa shape index (κ1) is 13.0. The normalized spacial score (nSPS) is 10.5. The molecular formula is C12H12FN3O3. The lowest BCUT2D eigenvalue weighted by molar-refractivity contribution is 0.0965. The van der Waals surface area contributed by atoms with E-state index in [2.05, 4.69) is 5.10 Å². The molecule has 0 unspecified atom stereocenters. The van der Waals surface area contributed by atoms with Crippen molar-refractivity contribution in [3.63, 3.8) is 0 Å². The monoisotopic (exact) mass is 265 g/mol. The van der Waals surface area contributed by atoms with Crippen molar-refractivity contribution in [1.82, 2.24) is 14.3 Å². The Hall–Kier alpha value is -2.44. The first-order valence-electron chi connectivity index (χ1n) is 5.48. The molecule has 0 saturated carbocycles. The predicted molar refractivity (Wildman–Crippen MR) is 64.8 cm³/mol. The Labute approximate surface area is 108 Å². The molecule has 2 rings (SSSR count). The van der Waals surface area contributed by atoms with Crippen LogP contribution >= 0.6 is 0 Å². The molecule has 0 radical (unpaired) electrons. The molecule has 0 aliphatic carbocycles. The second-order valence-corrected chi connectivity index (χ2v) is 3.95. The van der Waals surface area contributed by atoms with E-state index in [1.807, 2.05) is 0 Å². The van der Waals surface area contributed by atoms with E-state index in [9.17, 15) is 14.0 Å². The number of halogens is 1. The summed E-state index contributed by atoms with van der Waals surface area (Å²) >= 11 is 0. The van der Waals surface area contributed by atoms with Crippen LogP contribution < -0.4 is 10.4 Å². The molecule has 0 aliphatic rings. The molecule has 100 valence electrons. The van der Waals surface area contributed by atoms with E-state index in [4.69, 9.17) is 4.74 Å². The standard InChI is InChI=1S/C12H12FN3O3/c1-15-7-14-16(12(15)18)6-10(17)8-3-4-11(19-2)9(13)5-8/h3-5,7H,6H2,1-2H3. The van der Waals surface area contributed by atoms with Crippen molar-refractivity contribution in [3.05, 3.63) is 46.4 Å². The maximum Gasteiger partial charge on any atom is 0.345 e. The van der Waals surface area contributed by atoms with Crippen molar-refractivity contribution in [1.29, 1.82) is 0 Å². The molecule has 19 heavy (non-hydrogen) atoms. The highest BCUT2D eigenvalue weighted by molar-refractivity contribution is 5.95. The summed E-state index contributed by atoms with van der Waals surface area (Å²) in [6.07, 6.45) is 1.31. The van der Waals surface area contributed by atoms with Crippen LogP contribution in [-0.2, 0) is 13.6 Å². The van der Waals surface area contributed by atoms with Crippen LogP contribution in [0.3, 0.4) is 0 Å². The van der Waals surface area contributed by atoms with Crippen molar-refractivity contribution in [2.75, 3.05) is 7.11 Å². The van der Waals surface area contributed by atoms with Crippen molar-refractivity contribution in [3.8, 4) is 5.75 Å². The van der Waals surface area contributed by atoms with Gasteiger partial charge in [-0.2, -0.15) is 5.10 Å². The molecule has 0 fully saturated rings. The van der Waals surface area contributed by atoms with Gasteiger partial charge < -0.3 is 4.74 Å². The van der Waals surface area contributed by atoms with Gasteiger partial charge in [-0.25, -0.2) is 13.9 Å². The van der Waals surface area contributed by atoms with E-state index < -0.39 is 17.3 Å². The predicted octanol–water partition coefficient (Wildman–Crippen LogP) is 0.612. The Balaban J connectivity index is 2.23. The van der Waals surface area contributed by atoms with Crippen LogP contribution in [-0.4, -0.2) is 27.2 Å². The van der Waals surface area contributed by atoms with Gasteiger partial charge >= 0.3 is 5.69 Å². The average Bonchev–Trinajstić information content (AvgIpc) is 2.70. The molecular weight excluding hydrogens is 253 g/mol. The molecule has 0 bridgehead atoms. The van der Waals surface area contributed by atoms with Gasteiger partial charge in [-0.3, -0.25) is 9.36 Å². The molecule has 0 atom stereocenters. The zero-order valence-corrected chi connectivity index (χ0v) is 10.5. The highest BCUT2D eigenvalue weighted by Gasteiger charge is 2.13. The summed E-state index contributed by atoms with van der Waals surface area (Å²) in [6.45, 7) is -0.231. The third-order valence-electron chi connectivity index (χ3n) is 2.65. The molecule has 7 heteroatoms. The minimum Gasteiger partial charge on any atom is -0.494 e. The Kier molecular flexibility index (Phi) is 3.46. The molecule has 0 spiro atoms. The number of nitrogens with zero attached hydrogens (tertiary/aromatic N) is 3. The van der Waals surface area contributed by atoms with Crippen molar-refractivity contribution in [2.24, 2.45) is 7.05 Å². The van der Waals surface area contributed by atoms with Gasteiger partial charge in [0.15, 0.2) is 17.3 Å². The lowest BCUT2D eigenvalue weighted by Crippen LogP contribution is -2.26. The number of hydrogen-bond acceptors (Lipinski definition) is 4. The van der Waals surface area contributed by atoms with Gasteiger partial charge in [0.2, 0.25) is 0 Å². The number of hydrogen-bond donors (Lipinski definition) is 0. The second kappa shape index (κ2) is 5.05. The fraction of sp³-hybridized carbons (Fsp3) is 0.250. The zero-order valence-electron chi connectivity index (χ0n) is 10.5. The Morgan fingerprint density at radius 2 is 2.21 bits per heavy atom. The third kappa shape index (κ3) is 2.54. The number of benzene rings is 1. The number of ketones is 1. The minimum atomic E-state index is -0.623. The van der Waals surface area contributed by atoms with Crippen LogP contribution in [0, 0.1) is 5.82 Å². The topological polar surface area (TPSA) is 66.1 Å². The van der Waals surface area contributed by atoms with Crippen LogP contribution in [0.5, 0.6) is 5.75 Å². The van der Waals surface area contributed by atoms with Crippen LogP contribution in [0.2, 0.25) is 0 Å². The summed E-state index contributed by atoms with van der Waals surface area (Å²) in [4.78, 5) is 23.4. The van der Waals surface area contributed by atoms with Crippen LogP contribution in [0.25, 0.3) is 0 Å². The van der Waals surface area contributed by atoms with Crippen LogP contribution in [0.15, 0.2) is 29.3 Å². The molecule has 0 amide bonds. The summed E-state index contributed by atoms with van der Waals surface area (Å²) < 4.78 is 20.5. The summed E-state index contributed by atoms with van der Waals surface area (Å²) in [6, 6.07) is 3.89. The Morgan fingerprint density at radius 1 is 1.47 bits per heavy atom. The fourth-order valence-electron chi connectivity index (χ4n) is 1.60. The quantitative estimate of drug-likeness (QED) is 0.760. The maximum atomic E-state index is 13.5. The lowest BCUT2D eigenvalue weighted by Gasteiger charge is -2.04. The van der Waals surface area contributed by atoms with E-state index in [1.54, 1.807) is 0 Å². The van der Waals surface area contributed by atoms with Crippen molar-refractivity contribution >= 4 is 5.78 Å². The number of aromatic nitrogens is 3. The first-order valence-corrected chi connectivity index (χ1v) is 5.48. The molecule has 2 aromatic rings. The molecule has 0 saturated heterocycles. The smallest absolute Gasteiger partial charge is 0.345 e. The van der Waals surface area contributed by atoms with E-state index >= 15 is 0 Å². The average molecular weight is 265 g/mol. The van der Waals surface area contributed by atoms with Gasteiger partial charge in [0, 0.05) is 12.6 Å². The second-order valence-electron chi connectivity index (χ2n) is 3.95. The number of Topliss-reactive ketones (excluding diaryl/α,β-unsaturated/α-hetero) is 1. The fourth-order valence-corrected chi connectivity index (χ4v) is 1.60. The van der Waals surface area contributed by atoms with Gasteiger partial charge in [-0.15, -0.1) is 0 Å². The summed E-state index contributed by atoms with van der Waals surface area (Å²) in [5.41, 5.74) is -0.238. The number of methoxy groups -OCH3 is 1. The zero-order chi connectivity index (χ0) is 14.0. The van der Waals surface area contributed by atoms with Crippen LogP contribution in [0.4, 0.5) is 4.39 Å². The minimum absolute atomic E-state index is 0.0616. The van der Waals surface area contributed by atoms with Gasteiger partial charge in [0.05, 0.1) is 7.11 Å². The number of ether oxygens (including phenoxy) is 1. The van der Waals surface area contributed by atoms with Crippen LogP contribution in [0.1, 0.15) is 10.4 Å². The third-order valence-corrected chi connectivity index (χ3v) is 2.65. The lowest BCUT2D eigenvalue weighted by atomic mass is 10.1. The summed E-state index contributed by atoms with van der Waals surface area (Å²) in [5, 5.41) is 3.76. The van der Waals surface area contributed by atoms with Crippen molar-refractivity contribution < 1.29 is 13.9 Å². The van der Waals surface area contributed by atoms with E-state index in [1.165, 1.54) is 37.2 Å². The number of aryl methyl sites for hydroxylation is 1. The molecule has 6 nitrogen and oxygen atoms in total. The molecule has 1 heterocycles. The summed E-state index contributed by atoms with van der Waals surface area (Å²) in [7, 11) is 2.87. The first-order chi connectivity index (χ1) is 9.02. The number of carbonyl (C=O) groups excluding carboxylic acids is 1. The van der Waals surface area contributed by atoms with Gasteiger partial charge in [0.25, 0.3) is 0 Å². The summed E-state index contributed by atoms with van der Waals surface area (Å²) in [5.74, 6) is -0.962. The van der Waals surface area contributed by atoms with E-state index in [0.717, 1.165) is 10.7 Å². The maximum absolute atomic E-state index is 13.5. The molecule has 0 N–H and O–H groups in total. The van der Waals surface area contributed by atoms with E-state index in [0.29, 0.717) is 0 Å². The highest BCUT2D eigenvalue weighted by Crippen LogP contribution is 2.18. The number of carbonyl (C=O) groups is 1. The highest BCUT2D eigenvalue weighted by atomic mass is 19.1. The Bertz CT molecular complexity index is 675. The van der Waals surface area contributed by atoms with Gasteiger partial charge in [0.1, 0.15) is 12.9 Å². The molecule has 0 aliphatic heterocycles.